The summed E-state index contributed by atoms with van der Waals surface area (Å²) in [4.78, 5) is 16.0. The molecule has 1 unspecified atom stereocenters. The summed E-state index contributed by atoms with van der Waals surface area (Å²) >= 11 is 0. The number of nitrogen functional groups attached to an aromatic ring is 1. The Morgan fingerprint density at radius 1 is 1.32 bits per heavy atom. The van der Waals surface area contributed by atoms with Crippen LogP contribution >= 0.6 is 0 Å². The van der Waals surface area contributed by atoms with Crippen molar-refractivity contribution in [1.82, 2.24) is 10.3 Å². The molecule has 0 saturated heterocycles. The van der Waals surface area contributed by atoms with Gasteiger partial charge in [-0.3, -0.25) is 4.79 Å². The molecule has 1 heterocycles. The highest BCUT2D eigenvalue weighted by atomic mass is 16.1. The molecule has 1 amide bonds. The molecule has 5 nitrogen and oxygen atoms in total. The molecule has 4 N–H and O–H groups in total. The predicted molar refractivity (Wildman–Crippen MR) is 77.7 cm³/mol. The summed E-state index contributed by atoms with van der Waals surface area (Å²) in [6.07, 6.45) is 4.84. The molecule has 1 rings (SSSR count). The number of nitrogens with two attached hydrogens (primary N) is 1. The van der Waals surface area contributed by atoms with Gasteiger partial charge in [0.15, 0.2) is 0 Å². The number of carbonyl (C=O) groups excluding carboxylic acids is 1. The Hall–Kier alpha value is -1.62. The van der Waals surface area contributed by atoms with E-state index < -0.39 is 0 Å². The molecule has 0 aliphatic rings. The fourth-order valence-corrected chi connectivity index (χ4v) is 1.83. The van der Waals surface area contributed by atoms with E-state index >= 15 is 0 Å². The standard InChI is InChI=1S/C14H24N4O/c1-10(2)5-4-6-11(3)17-14(19)12-7-8-13(18-15)16-9-12/h7-11H,4-6,15H2,1-3H3,(H,16,18)(H,17,19). The molecule has 1 aromatic rings. The summed E-state index contributed by atoms with van der Waals surface area (Å²) in [5, 5.41) is 2.98. The number of nitrogens with zero attached hydrogens (tertiary/aromatic N) is 1. The number of hydrazine groups is 1. The first-order valence-electron chi connectivity index (χ1n) is 6.76. The summed E-state index contributed by atoms with van der Waals surface area (Å²) in [7, 11) is 0. The van der Waals surface area contributed by atoms with Crippen molar-refractivity contribution in [2.75, 3.05) is 5.43 Å². The Labute approximate surface area is 115 Å². The third kappa shape index (κ3) is 5.70. The minimum atomic E-state index is -0.0897. The Kier molecular flexibility index (Phi) is 6.29. The summed E-state index contributed by atoms with van der Waals surface area (Å²) in [5.74, 6) is 6.39. The first kappa shape index (κ1) is 15.4. The van der Waals surface area contributed by atoms with Gasteiger partial charge in [-0.1, -0.05) is 26.7 Å². The smallest absolute Gasteiger partial charge is 0.253 e. The van der Waals surface area contributed by atoms with Gasteiger partial charge < -0.3 is 10.7 Å². The summed E-state index contributed by atoms with van der Waals surface area (Å²) in [5.41, 5.74) is 2.98. The first-order chi connectivity index (χ1) is 9.02. The minimum Gasteiger partial charge on any atom is -0.350 e. The van der Waals surface area contributed by atoms with Gasteiger partial charge >= 0.3 is 0 Å². The van der Waals surface area contributed by atoms with Crippen LogP contribution in [0.2, 0.25) is 0 Å². The van der Waals surface area contributed by atoms with Crippen molar-refractivity contribution in [3.8, 4) is 0 Å². The number of amides is 1. The third-order valence-electron chi connectivity index (χ3n) is 2.97. The number of carbonyl (C=O) groups is 1. The molecule has 0 aliphatic heterocycles. The highest BCUT2D eigenvalue weighted by Gasteiger charge is 2.10. The summed E-state index contributed by atoms with van der Waals surface area (Å²) in [6, 6.07) is 3.56. The number of pyridine rings is 1. The second-order valence-corrected chi connectivity index (χ2v) is 5.28. The number of rotatable bonds is 7. The van der Waals surface area contributed by atoms with Gasteiger partial charge in [-0.2, -0.15) is 0 Å². The Morgan fingerprint density at radius 3 is 2.58 bits per heavy atom. The van der Waals surface area contributed by atoms with E-state index in [1.807, 2.05) is 6.92 Å². The lowest BCUT2D eigenvalue weighted by molar-refractivity contribution is 0.0937. The second kappa shape index (κ2) is 7.74. The molecule has 19 heavy (non-hydrogen) atoms. The lowest BCUT2D eigenvalue weighted by Crippen LogP contribution is -2.32. The molecule has 0 fully saturated rings. The zero-order valence-corrected chi connectivity index (χ0v) is 11.9. The monoisotopic (exact) mass is 264 g/mol. The number of nitrogens with one attached hydrogen (secondary N) is 2. The molecule has 1 aromatic heterocycles. The van der Waals surface area contributed by atoms with Crippen LogP contribution in [0.1, 0.15) is 50.4 Å². The van der Waals surface area contributed by atoms with Crippen molar-refractivity contribution in [1.29, 1.82) is 0 Å². The topological polar surface area (TPSA) is 80.0 Å². The molecule has 106 valence electrons. The fourth-order valence-electron chi connectivity index (χ4n) is 1.83. The van der Waals surface area contributed by atoms with E-state index in [2.05, 4.69) is 29.6 Å². The highest BCUT2D eigenvalue weighted by Crippen LogP contribution is 2.09. The summed E-state index contributed by atoms with van der Waals surface area (Å²) < 4.78 is 0. The van der Waals surface area contributed by atoms with Crippen molar-refractivity contribution >= 4 is 11.7 Å². The second-order valence-electron chi connectivity index (χ2n) is 5.28. The molecular weight excluding hydrogens is 240 g/mol. The van der Waals surface area contributed by atoms with Gasteiger partial charge in [0, 0.05) is 12.2 Å². The first-order valence-corrected chi connectivity index (χ1v) is 6.76. The van der Waals surface area contributed by atoms with Crippen LogP contribution in [0, 0.1) is 5.92 Å². The molecule has 0 aliphatic carbocycles. The molecule has 1 atom stereocenters. The molecule has 0 bridgehead atoms. The van der Waals surface area contributed by atoms with Crippen LogP contribution in [0.3, 0.4) is 0 Å². The minimum absolute atomic E-state index is 0.0897. The normalized spacial score (nSPS) is 12.3. The molecule has 0 aromatic carbocycles. The molecule has 0 spiro atoms. The quantitative estimate of drug-likeness (QED) is 0.521. The predicted octanol–water partition coefficient (Wildman–Crippen LogP) is 2.31. The van der Waals surface area contributed by atoms with E-state index in [1.165, 1.54) is 12.6 Å². The average molecular weight is 264 g/mol. The Bertz CT molecular complexity index is 389. The van der Waals surface area contributed by atoms with Gasteiger partial charge in [0.1, 0.15) is 5.82 Å². The van der Waals surface area contributed by atoms with Gasteiger partial charge in [-0.25, -0.2) is 10.8 Å². The highest BCUT2D eigenvalue weighted by molar-refractivity contribution is 5.94. The fraction of sp³-hybridized carbons (Fsp3) is 0.571. The number of anilines is 1. The van der Waals surface area contributed by atoms with Gasteiger partial charge in [0.2, 0.25) is 0 Å². The van der Waals surface area contributed by atoms with E-state index in [0.717, 1.165) is 12.8 Å². The third-order valence-corrected chi connectivity index (χ3v) is 2.97. The number of hydrogen-bond acceptors (Lipinski definition) is 4. The lowest BCUT2D eigenvalue weighted by Gasteiger charge is -2.14. The average Bonchev–Trinajstić information content (AvgIpc) is 2.38. The van der Waals surface area contributed by atoms with Crippen molar-refractivity contribution in [3.63, 3.8) is 0 Å². The van der Waals surface area contributed by atoms with Crippen LogP contribution in [-0.4, -0.2) is 16.9 Å². The van der Waals surface area contributed by atoms with E-state index in [4.69, 9.17) is 5.84 Å². The van der Waals surface area contributed by atoms with Crippen LogP contribution < -0.4 is 16.6 Å². The zero-order valence-electron chi connectivity index (χ0n) is 11.9. The molecule has 0 radical (unpaired) electrons. The van der Waals surface area contributed by atoms with Crippen LogP contribution in [0.4, 0.5) is 5.82 Å². The Balaban J connectivity index is 2.40. The van der Waals surface area contributed by atoms with Gasteiger partial charge in [-0.05, 0) is 31.4 Å². The van der Waals surface area contributed by atoms with Crippen molar-refractivity contribution in [2.24, 2.45) is 11.8 Å². The van der Waals surface area contributed by atoms with E-state index in [-0.39, 0.29) is 11.9 Å². The van der Waals surface area contributed by atoms with Gasteiger partial charge in [0.05, 0.1) is 5.56 Å². The SMILES string of the molecule is CC(C)CCCC(C)NC(=O)c1ccc(NN)nc1. The van der Waals surface area contributed by atoms with Crippen molar-refractivity contribution < 1.29 is 4.79 Å². The van der Waals surface area contributed by atoms with Crippen LogP contribution in [0.25, 0.3) is 0 Å². The zero-order chi connectivity index (χ0) is 14.3. The summed E-state index contributed by atoms with van der Waals surface area (Å²) in [6.45, 7) is 6.45. The van der Waals surface area contributed by atoms with Crippen LogP contribution in [0.5, 0.6) is 0 Å². The largest absolute Gasteiger partial charge is 0.350 e. The van der Waals surface area contributed by atoms with E-state index in [1.54, 1.807) is 12.1 Å². The maximum absolute atomic E-state index is 11.9. The van der Waals surface area contributed by atoms with Gasteiger partial charge in [0.25, 0.3) is 5.91 Å². The van der Waals surface area contributed by atoms with E-state index in [9.17, 15) is 4.79 Å². The van der Waals surface area contributed by atoms with Crippen LogP contribution in [0.15, 0.2) is 18.3 Å². The molecular formula is C14H24N4O. The van der Waals surface area contributed by atoms with Crippen molar-refractivity contribution in [3.05, 3.63) is 23.9 Å². The van der Waals surface area contributed by atoms with Crippen molar-refractivity contribution in [2.45, 2.75) is 46.1 Å². The van der Waals surface area contributed by atoms with Gasteiger partial charge in [-0.15, -0.1) is 0 Å². The number of hydrogen-bond donors (Lipinski definition) is 3. The molecule has 0 saturated carbocycles. The maximum atomic E-state index is 11.9. The number of aromatic nitrogens is 1. The van der Waals surface area contributed by atoms with E-state index in [0.29, 0.717) is 17.3 Å². The maximum Gasteiger partial charge on any atom is 0.253 e. The molecule has 5 heteroatoms. The van der Waals surface area contributed by atoms with Crippen LogP contribution in [-0.2, 0) is 0 Å². The Morgan fingerprint density at radius 2 is 2.05 bits per heavy atom. The lowest BCUT2D eigenvalue weighted by atomic mass is 10.0.